The molecule has 2 N–H and O–H groups in total. The summed E-state index contributed by atoms with van der Waals surface area (Å²) in [5.41, 5.74) is 4.27. The Kier molecular flexibility index (Phi) is 5.24. The number of hydrogen-bond acceptors (Lipinski definition) is 4. The number of anilines is 1. The van der Waals surface area contributed by atoms with Gasteiger partial charge in [-0.05, 0) is 44.0 Å². The van der Waals surface area contributed by atoms with Crippen molar-refractivity contribution < 1.29 is 9.84 Å². The van der Waals surface area contributed by atoms with Crippen LogP contribution in [0.3, 0.4) is 0 Å². The molecule has 1 atom stereocenters. The molecule has 5 heteroatoms. The number of imidazole rings is 1. The van der Waals surface area contributed by atoms with E-state index in [1.165, 1.54) is 0 Å². The lowest BCUT2D eigenvalue weighted by Gasteiger charge is -2.15. The van der Waals surface area contributed by atoms with Crippen molar-refractivity contribution in [3.8, 4) is 5.75 Å². The van der Waals surface area contributed by atoms with Crippen LogP contribution in [-0.2, 0) is 6.54 Å². The third-order valence-corrected chi connectivity index (χ3v) is 4.18. The molecule has 2 aromatic carbocycles. The Morgan fingerprint density at radius 2 is 1.84 bits per heavy atom. The Morgan fingerprint density at radius 1 is 1.12 bits per heavy atom. The number of rotatable bonds is 7. The van der Waals surface area contributed by atoms with Crippen molar-refractivity contribution in [2.45, 2.75) is 33.4 Å². The van der Waals surface area contributed by atoms with Gasteiger partial charge in [-0.15, -0.1) is 0 Å². The van der Waals surface area contributed by atoms with Crippen LogP contribution in [0.1, 0.15) is 18.1 Å². The second kappa shape index (κ2) is 7.57. The summed E-state index contributed by atoms with van der Waals surface area (Å²) >= 11 is 0. The molecular formula is C20H25N3O2. The number of aliphatic hydroxyl groups excluding tert-OH is 1. The van der Waals surface area contributed by atoms with Crippen molar-refractivity contribution in [1.82, 2.24) is 9.55 Å². The molecule has 132 valence electrons. The van der Waals surface area contributed by atoms with E-state index in [4.69, 9.17) is 4.74 Å². The number of aromatic nitrogens is 2. The van der Waals surface area contributed by atoms with Gasteiger partial charge in [-0.25, -0.2) is 4.98 Å². The van der Waals surface area contributed by atoms with E-state index in [9.17, 15) is 5.11 Å². The summed E-state index contributed by atoms with van der Waals surface area (Å²) in [6.07, 6.45) is -0.431. The van der Waals surface area contributed by atoms with Crippen LogP contribution < -0.4 is 10.1 Å². The van der Waals surface area contributed by atoms with E-state index >= 15 is 0 Å². The second-order valence-corrected chi connectivity index (χ2v) is 6.38. The van der Waals surface area contributed by atoms with E-state index in [0.29, 0.717) is 19.7 Å². The van der Waals surface area contributed by atoms with Crippen molar-refractivity contribution in [2.24, 2.45) is 0 Å². The Bertz CT molecular complexity index is 835. The maximum Gasteiger partial charge on any atom is 0.204 e. The van der Waals surface area contributed by atoms with Crippen molar-refractivity contribution in [2.75, 3.05) is 18.5 Å². The first kappa shape index (κ1) is 17.3. The predicted molar refractivity (Wildman–Crippen MR) is 101 cm³/mol. The summed E-state index contributed by atoms with van der Waals surface area (Å²) < 4.78 is 8.15. The molecule has 5 nitrogen and oxygen atoms in total. The number of aryl methyl sites for hydroxylation is 2. The fourth-order valence-corrected chi connectivity index (χ4v) is 2.94. The molecule has 1 unspecified atom stereocenters. The third-order valence-electron chi connectivity index (χ3n) is 4.18. The molecule has 0 amide bonds. The van der Waals surface area contributed by atoms with Crippen LogP contribution in [0.2, 0.25) is 0 Å². The normalized spacial score (nSPS) is 12.3. The first-order valence-electron chi connectivity index (χ1n) is 8.62. The molecule has 0 saturated carbocycles. The van der Waals surface area contributed by atoms with Gasteiger partial charge in [0.05, 0.1) is 23.7 Å². The van der Waals surface area contributed by atoms with Gasteiger partial charge in [0.2, 0.25) is 5.95 Å². The lowest BCUT2D eigenvalue weighted by Crippen LogP contribution is -2.19. The van der Waals surface area contributed by atoms with Crippen LogP contribution in [0.4, 0.5) is 5.95 Å². The zero-order valence-electron chi connectivity index (χ0n) is 15.0. The quantitative estimate of drug-likeness (QED) is 0.691. The van der Waals surface area contributed by atoms with Gasteiger partial charge < -0.3 is 19.7 Å². The number of nitrogens with zero attached hydrogens (tertiary/aromatic N) is 2. The predicted octanol–water partition coefficient (Wildman–Crippen LogP) is 3.52. The minimum absolute atomic E-state index is 0.431. The van der Waals surface area contributed by atoms with Gasteiger partial charge in [0, 0.05) is 6.54 Å². The maximum absolute atomic E-state index is 9.54. The van der Waals surface area contributed by atoms with Crippen LogP contribution in [0, 0.1) is 13.8 Å². The monoisotopic (exact) mass is 339 g/mol. The largest absolute Gasteiger partial charge is 0.491 e. The zero-order chi connectivity index (χ0) is 17.8. The van der Waals surface area contributed by atoms with Gasteiger partial charge in [-0.2, -0.15) is 0 Å². The average molecular weight is 339 g/mol. The summed E-state index contributed by atoms with van der Waals surface area (Å²) in [4.78, 5) is 4.63. The summed E-state index contributed by atoms with van der Waals surface area (Å²) in [6, 6.07) is 14.2. The summed E-state index contributed by atoms with van der Waals surface area (Å²) in [5.74, 6) is 1.71. The van der Waals surface area contributed by atoms with E-state index in [-0.39, 0.29) is 0 Å². The number of ether oxygens (including phenoxy) is 1. The van der Waals surface area contributed by atoms with E-state index in [1.807, 2.05) is 24.3 Å². The van der Waals surface area contributed by atoms with Gasteiger partial charge in [0.15, 0.2) is 0 Å². The standard InChI is InChI=1S/C20H25N3O2/c1-14-7-6-8-15(2)19(14)25-12-11-23-18-10-5-4-9-17(18)22-20(23)21-13-16(3)24/h4-10,16,24H,11-13H2,1-3H3,(H,21,22). The first-order valence-corrected chi connectivity index (χ1v) is 8.62. The Morgan fingerprint density at radius 3 is 2.56 bits per heavy atom. The third kappa shape index (κ3) is 3.94. The van der Waals surface area contributed by atoms with E-state index in [1.54, 1.807) is 6.92 Å². The minimum atomic E-state index is -0.431. The number of para-hydroxylation sites is 3. The summed E-state index contributed by atoms with van der Waals surface area (Å²) in [7, 11) is 0. The summed E-state index contributed by atoms with van der Waals surface area (Å²) in [5, 5.41) is 12.8. The molecular weight excluding hydrogens is 314 g/mol. The summed E-state index contributed by atoms with van der Waals surface area (Å²) in [6.45, 7) is 7.56. The molecule has 0 fully saturated rings. The molecule has 0 bridgehead atoms. The van der Waals surface area contributed by atoms with Crippen LogP contribution in [0.25, 0.3) is 11.0 Å². The van der Waals surface area contributed by atoms with Crippen LogP contribution in [-0.4, -0.2) is 33.9 Å². The zero-order valence-corrected chi connectivity index (χ0v) is 15.0. The minimum Gasteiger partial charge on any atom is -0.491 e. The highest BCUT2D eigenvalue weighted by Crippen LogP contribution is 2.23. The lowest BCUT2D eigenvalue weighted by molar-refractivity contribution is 0.208. The number of nitrogens with one attached hydrogen (secondary N) is 1. The molecule has 0 aliphatic carbocycles. The smallest absolute Gasteiger partial charge is 0.204 e. The highest BCUT2D eigenvalue weighted by atomic mass is 16.5. The Balaban J connectivity index is 1.78. The highest BCUT2D eigenvalue weighted by molar-refractivity contribution is 5.78. The Labute approximate surface area is 148 Å². The first-order chi connectivity index (χ1) is 12.1. The molecule has 3 rings (SSSR count). The average Bonchev–Trinajstić information content (AvgIpc) is 2.93. The fourth-order valence-electron chi connectivity index (χ4n) is 2.94. The highest BCUT2D eigenvalue weighted by Gasteiger charge is 2.11. The van der Waals surface area contributed by atoms with Crippen molar-refractivity contribution >= 4 is 17.0 Å². The van der Waals surface area contributed by atoms with Crippen molar-refractivity contribution in [1.29, 1.82) is 0 Å². The number of benzene rings is 2. The maximum atomic E-state index is 9.54. The van der Waals surface area contributed by atoms with Crippen molar-refractivity contribution in [3.63, 3.8) is 0 Å². The second-order valence-electron chi connectivity index (χ2n) is 6.38. The van der Waals surface area contributed by atoms with E-state index in [0.717, 1.165) is 33.9 Å². The van der Waals surface area contributed by atoms with Crippen LogP contribution in [0.15, 0.2) is 42.5 Å². The van der Waals surface area contributed by atoms with Crippen LogP contribution >= 0.6 is 0 Å². The number of fused-ring (bicyclic) bond motifs is 1. The molecule has 0 aliphatic heterocycles. The molecule has 1 aromatic heterocycles. The molecule has 3 aromatic rings. The van der Waals surface area contributed by atoms with Gasteiger partial charge >= 0.3 is 0 Å². The molecule has 0 radical (unpaired) electrons. The number of aliphatic hydroxyl groups is 1. The SMILES string of the molecule is Cc1cccc(C)c1OCCn1c(NCC(C)O)nc2ccccc21. The van der Waals surface area contributed by atoms with Crippen molar-refractivity contribution in [3.05, 3.63) is 53.6 Å². The van der Waals surface area contributed by atoms with E-state index in [2.05, 4.69) is 46.9 Å². The van der Waals surface area contributed by atoms with Gasteiger partial charge in [0.1, 0.15) is 12.4 Å². The van der Waals surface area contributed by atoms with E-state index < -0.39 is 6.10 Å². The molecule has 0 spiro atoms. The van der Waals surface area contributed by atoms with Crippen LogP contribution in [0.5, 0.6) is 5.75 Å². The molecule has 0 saturated heterocycles. The van der Waals surface area contributed by atoms with Gasteiger partial charge in [0.25, 0.3) is 0 Å². The number of hydrogen-bond donors (Lipinski definition) is 2. The topological polar surface area (TPSA) is 59.3 Å². The molecule has 25 heavy (non-hydrogen) atoms. The lowest BCUT2D eigenvalue weighted by atomic mass is 10.1. The molecule has 0 aliphatic rings. The Hall–Kier alpha value is -2.53. The van der Waals surface area contributed by atoms with Gasteiger partial charge in [-0.3, -0.25) is 0 Å². The molecule has 1 heterocycles. The van der Waals surface area contributed by atoms with Gasteiger partial charge in [-0.1, -0.05) is 30.3 Å². The fraction of sp³-hybridized carbons (Fsp3) is 0.350.